The van der Waals surface area contributed by atoms with Crippen molar-refractivity contribution in [2.24, 2.45) is 5.41 Å². The molecule has 47 heavy (non-hydrogen) atoms. The first-order chi connectivity index (χ1) is 22.5. The number of halogens is 3. The molecule has 6 heterocycles. The summed E-state index contributed by atoms with van der Waals surface area (Å²) in [7, 11) is 0. The van der Waals surface area contributed by atoms with Crippen LogP contribution in [-0.2, 0) is 22.3 Å². The van der Waals surface area contributed by atoms with Crippen LogP contribution in [0.2, 0.25) is 0 Å². The lowest BCUT2D eigenvalue weighted by molar-refractivity contribution is -0.141. The molecule has 1 aliphatic carbocycles. The Balaban J connectivity index is 1.22. The zero-order chi connectivity index (χ0) is 34.5. The van der Waals surface area contributed by atoms with E-state index in [1.54, 1.807) is 40.7 Å². The van der Waals surface area contributed by atoms with Crippen LogP contribution >= 0.6 is 0 Å². The van der Waals surface area contributed by atoms with Gasteiger partial charge in [0.25, 0.3) is 0 Å². The van der Waals surface area contributed by atoms with Gasteiger partial charge >= 0.3 is 6.18 Å². The lowest BCUT2D eigenvalue weighted by Gasteiger charge is -2.27. The fourth-order valence-corrected chi connectivity index (χ4v) is 6.57. The largest absolute Gasteiger partial charge is 0.433 e. The Labute approximate surface area is 268 Å². The zero-order valence-corrected chi connectivity index (χ0v) is 26.2. The van der Waals surface area contributed by atoms with Crippen molar-refractivity contribution < 1.29 is 28.9 Å². The van der Waals surface area contributed by atoms with Crippen LogP contribution in [-0.4, -0.2) is 63.7 Å². The summed E-state index contributed by atoms with van der Waals surface area (Å²) in [4.78, 5) is 54.5. The van der Waals surface area contributed by atoms with Crippen LogP contribution in [0.5, 0.6) is 0 Å². The second-order valence-electron chi connectivity index (χ2n) is 12.7. The summed E-state index contributed by atoms with van der Waals surface area (Å²) in [6, 6.07) is 3.17. The predicted octanol–water partition coefficient (Wildman–Crippen LogP) is 5.31. The number of aromatic nitrogens is 6. The molecule has 0 spiro atoms. The Kier molecular flexibility index (Phi) is 6.50. The molecule has 242 valence electrons. The number of likely N-dealkylation sites (tertiary alicyclic amines) is 1. The number of carbonyl (C=O) groups excluding carboxylic acids is 3. The number of piperidine rings is 1. The summed E-state index contributed by atoms with van der Waals surface area (Å²) in [6.07, 6.45) is 0.845. The van der Waals surface area contributed by atoms with Crippen LogP contribution in [0.25, 0.3) is 27.8 Å². The van der Waals surface area contributed by atoms with E-state index in [0.29, 0.717) is 51.0 Å². The first-order valence-electron chi connectivity index (χ1n) is 15.5. The number of ketones is 1. The van der Waals surface area contributed by atoms with Crippen LogP contribution in [0.15, 0.2) is 42.9 Å². The molecule has 2 amide bonds. The molecule has 5 aromatic rings. The molecule has 0 bridgehead atoms. The molecular weight excluding hydrogens is 613 g/mol. The first-order valence-corrected chi connectivity index (χ1v) is 15.0. The van der Waals surface area contributed by atoms with E-state index in [9.17, 15) is 27.6 Å². The van der Waals surface area contributed by atoms with E-state index in [4.69, 9.17) is 6.35 Å². The third-order valence-corrected chi connectivity index (χ3v) is 9.02. The van der Waals surface area contributed by atoms with Crippen molar-refractivity contribution in [3.63, 3.8) is 0 Å². The van der Waals surface area contributed by atoms with E-state index in [2.05, 4.69) is 20.4 Å². The number of pyridine rings is 2. The molecule has 0 aromatic carbocycles. The number of fused-ring (bicyclic) bond motifs is 3. The molecule has 5 aromatic heterocycles. The van der Waals surface area contributed by atoms with Gasteiger partial charge in [-0.05, 0) is 63.6 Å². The minimum Gasteiger partial charge on any atom is -0.336 e. The molecular formula is C33H31F3N8O3. The Morgan fingerprint density at radius 2 is 1.87 bits per heavy atom. The molecule has 1 saturated heterocycles. The van der Waals surface area contributed by atoms with Gasteiger partial charge in [-0.25, -0.2) is 14.5 Å². The zero-order valence-electron chi connectivity index (χ0n) is 27.2. The van der Waals surface area contributed by atoms with Crippen molar-refractivity contribution in [3.8, 4) is 11.3 Å². The standard InChI is InChI=1S/C33H31F3N8O3/c1-16-6-7-25(33(34,35)36)39-30(16)40-31(47)24-10-32(5)11-26(32)44(24)28(46)15-42-14-22(19(4)45)21-9-23(38-18(3)29(21)42)20-12-37-27-8-17(2)41-43(27)13-20/h6-9,12-14,24,26H,10-11,15H2,1-5H3,(H,39,40,47)/t24-,26+,32-/m0/s1/i26D. The van der Waals surface area contributed by atoms with Gasteiger partial charge in [-0.1, -0.05) is 13.0 Å². The lowest BCUT2D eigenvalue weighted by atomic mass is 10.0. The molecule has 7 rings (SSSR count). The predicted molar refractivity (Wildman–Crippen MR) is 166 cm³/mol. The fraction of sp³-hybridized carbons (Fsp3) is 0.364. The molecule has 11 nitrogen and oxygen atoms in total. The summed E-state index contributed by atoms with van der Waals surface area (Å²) in [6.45, 7) is 8.09. The van der Waals surface area contributed by atoms with Crippen molar-refractivity contribution in [1.29, 1.82) is 0 Å². The van der Waals surface area contributed by atoms with Crippen molar-refractivity contribution in [2.75, 3.05) is 5.32 Å². The van der Waals surface area contributed by atoms with Gasteiger partial charge in [0.15, 0.2) is 11.4 Å². The minimum atomic E-state index is -4.71. The summed E-state index contributed by atoms with van der Waals surface area (Å²) >= 11 is 0. The Morgan fingerprint density at radius 1 is 1.11 bits per heavy atom. The van der Waals surface area contributed by atoms with Crippen molar-refractivity contribution >= 4 is 40.0 Å². The number of amides is 2. The Hall–Kier alpha value is -5.14. The smallest absolute Gasteiger partial charge is 0.336 e. The molecule has 1 N–H and O–H groups in total. The second-order valence-corrected chi connectivity index (χ2v) is 12.7. The highest BCUT2D eigenvalue weighted by atomic mass is 19.4. The maximum Gasteiger partial charge on any atom is 0.433 e. The molecule has 1 aliphatic heterocycles. The third-order valence-electron chi connectivity index (χ3n) is 9.02. The van der Waals surface area contributed by atoms with Gasteiger partial charge in [0.1, 0.15) is 24.1 Å². The SMILES string of the molecule is [2H][C@@]12C[C@]1(C)C[C@@H](C(=O)Nc1nc(C(F)(F)F)ccc1C)N2C(=O)Cn1cc(C(C)=O)c2cc(-c3cnc4cc(C)nn4c3)nc(C)c21. The number of rotatable bonds is 6. The summed E-state index contributed by atoms with van der Waals surface area (Å²) in [5, 5.41) is 7.48. The Bertz CT molecular complexity index is 2210. The number of hydrogen-bond acceptors (Lipinski definition) is 7. The van der Waals surface area contributed by atoms with Crippen LogP contribution in [0.3, 0.4) is 0 Å². The number of alkyl halides is 3. The quantitative estimate of drug-likeness (QED) is 0.248. The molecule has 0 radical (unpaired) electrons. The van der Waals surface area contributed by atoms with E-state index in [-0.39, 0.29) is 24.6 Å². The number of anilines is 1. The van der Waals surface area contributed by atoms with E-state index >= 15 is 0 Å². The molecule has 1 saturated carbocycles. The highest BCUT2D eigenvalue weighted by molar-refractivity contribution is 6.08. The molecule has 3 atom stereocenters. The summed E-state index contributed by atoms with van der Waals surface area (Å²) in [5.74, 6) is -1.75. The van der Waals surface area contributed by atoms with Crippen LogP contribution in [0, 0.1) is 26.2 Å². The fourth-order valence-electron chi connectivity index (χ4n) is 6.57. The van der Waals surface area contributed by atoms with E-state index in [1.165, 1.54) is 24.8 Å². The number of carbonyl (C=O) groups is 3. The highest BCUT2D eigenvalue weighted by Crippen LogP contribution is 2.59. The minimum absolute atomic E-state index is 0.162. The van der Waals surface area contributed by atoms with Crippen LogP contribution < -0.4 is 5.32 Å². The van der Waals surface area contributed by atoms with Gasteiger partial charge in [-0.15, -0.1) is 0 Å². The van der Waals surface area contributed by atoms with Gasteiger partial charge < -0.3 is 14.8 Å². The Morgan fingerprint density at radius 3 is 2.60 bits per heavy atom. The molecule has 2 fully saturated rings. The number of nitrogens with one attached hydrogen (secondary N) is 1. The normalized spacial score (nSPS) is 22.4. The monoisotopic (exact) mass is 645 g/mol. The number of hydrogen-bond donors (Lipinski definition) is 1. The number of nitrogens with zero attached hydrogens (tertiary/aromatic N) is 7. The number of Topliss-reactive ketones (excluding diaryl/α,β-unsaturated/α-hetero) is 1. The van der Waals surface area contributed by atoms with Crippen molar-refractivity contribution in [1.82, 2.24) is 34.0 Å². The van der Waals surface area contributed by atoms with E-state index in [1.807, 2.05) is 19.9 Å². The van der Waals surface area contributed by atoms with Crippen molar-refractivity contribution in [3.05, 3.63) is 71.1 Å². The number of aryl methyl sites for hydroxylation is 3. The topological polar surface area (TPSA) is 127 Å². The summed E-state index contributed by atoms with van der Waals surface area (Å²) in [5.41, 5.74) is 2.66. The molecule has 14 heteroatoms. The average molecular weight is 646 g/mol. The van der Waals surface area contributed by atoms with Gasteiger partial charge in [0, 0.05) is 47.2 Å². The van der Waals surface area contributed by atoms with Gasteiger partial charge in [-0.2, -0.15) is 18.3 Å². The van der Waals surface area contributed by atoms with Gasteiger partial charge in [0.05, 0.1) is 24.0 Å². The van der Waals surface area contributed by atoms with E-state index in [0.717, 1.165) is 11.8 Å². The second kappa shape index (κ2) is 10.4. The van der Waals surface area contributed by atoms with Gasteiger partial charge in [-0.3, -0.25) is 19.4 Å². The molecule has 2 aliphatic rings. The van der Waals surface area contributed by atoms with Crippen molar-refractivity contribution in [2.45, 2.75) is 72.2 Å². The summed E-state index contributed by atoms with van der Waals surface area (Å²) < 4.78 is 52.4. The van der Waals surface area contributed by atoms with Gasteiger partial charge in [0.2, 0.25) is 11.8 Å². The lowest BCUT2D eigenvalue weighted by Crippen LogP contribution is -2.46. The molecule has 0 unspecified atom stereocenters. The third kappa shape index (κ3) is 5.21. The maximum absolute atomic E-state index is 14.1. The average Bonchev–Trinajstić information content (AvgIpc) is 3.30. The maximum atomic E-state index is 14.1. The van der Waals surface area contributed by atoms with E-state index < -0.39 is 41.2 Å². The first kappa shape index (κ1) is 29.3. The van der Waals surface area contributed by atoms with Crippen LogP contribution in [0.1, 0.15) is 61.1 Å². The van der Waals surface area contributed by atoms with Crippen LogP contribution in [0.4, 0.5) is 19.0 Å². The highest BCUT2D eigenvalue weighted by Gasteiger charge is 2.64.